The second kappa shape index (κ2) is 6.37. The van der Waals surface area contributed by atoms with Gasteiger partial charge in [-0.1, -0.05) is 13.8 Å². The third-order valence-corrected chi connectivity index (χ3v) is 4.39. The highest BCUT2D eigenvalue weighted by atomic mass is 32.1. The fraction of sp³-hybridized carbons (Fsp3) is 0.571. The molecule has 0 spiro atoms. The van der Waals surface area contributed by atoms with Crippen molar-refractivity contribution >= 4 is 28.2 Å². The first-order chi connectivity index (χ1) is 9.49. The number of amides is 2. The van der Waals surface area contributed by atoms with Crippen LogP contribution in [0.5, 0.6) is 0 Å². The first kappa shape index (κ1) is 15.0. The van der Waals surface area contributed by atoms with Crippen molar-refractivity contribution in [2.45, 2.75) is 39.7 Å². The molecule has 1 aliphatic heterocycles. The van der Waals surface area contributed by atoms with E-state index in [0.717, 1.165) is 16.9 Å². The van der Waals surface area contributed by atoms with Crippen molar-refractivity contribution < 1.29 is 14.3 Å². The molecule has 0 aliphatic carbocycles. The van der Waals surface area contributed by atoms with E-state index >= 15 is 0 Å². The van der Waals surface area contributed by atoms with Crippen molar-refractivity contribution in [3.63, 3.8) is 0 Å². The number of carbonyl (C=O) groups is 2. The number of primary amides is 1. The number of thiophene rings is 1. The SMILES string of the molecule is CC(C)CCC(=O)Nc1sc2c(c1C(N)=O)CCOC2. The molecule has 3 N–H and O–H groups in total. The topological polar surface area (TPSA) is 81.4 Å². The average Bonchev–Trinajstić information content (AvgIpc) is 2.74. The summed E-state index contributed by atoms with van der Waals surface area (Å²) in [6.45, 7) is 5.22. The zero-order valence-corrected chi connectivity index (χ0v) is 12.6. The van der Waals surface area contributed by atoms with Gasteiger partial charge in [0.1, 0.15) is 5.00 Å². The molecule has 0 unspecified atom stereocenters. The van der Waals surface area contributed by atoms with Crippen molar-refractivity contribution in [3.05, 3.63) is 16.0 Å². The van der Waals surface area contributed by atoms with Crippen LogP contribution in [0.3, 0.4) is 0 Å². The number of fused-ring (bicyclic) bond motifs is 1. The summed E-state index contributed by atoms with van der Waals surface area (Å²) in [6, 6.07) is 0. The number of nitrogens with two attached hydrogens (primary N) is 1. The number of hydrogen-bond donors (Lipinski definition) is 2. The molecule has 110 valence electrons. The van der Waals surface area contributed by atoms with Crippen LogP contribution in [0.15, 0.2) is 0 Å². The zero-order valence-electron chi connectivity index (χ0n) is 11.8. The lowest BCUT2D eigenvalue weighted by Gasteiger charge is -2.12. The van der Waals surface area contributed by atoms with Gasteiger partial charge in [-0.15, -0.1) is 11.3 Å². The van der Waals surface area contributed by atoms with Crippen LogP contribution < -0.4 is 11.1 Å². The third kappa shape index (κ3) is 3.37. The molecule has 0 atom stereocenters. The fourth-order valence-electron chi connectivity index (χ4n) is 2.19. The van der Waals surface area contributed by atoms with E-state index in [1.54, 1.807) is 0 Å². The Morgan fingerprint density at radius 1 is 1.45 bits per heavy atom. The largest absolute Gasteiger partial charge is 0.376 e. The molecule has 0 fully saturated rings. The van der Waals surface area contributed by atoms with Crippen LogP contribution in [0.25, 0.3) is 0 Å². The van der Waals surface area contributed by atoms with E-state index in [4.69, 9.17) is 10.5 Å². The smallest absolute Gasteiger partial charge is 0.251 e. The number of nitrogens with one attached hydrogen (secondary N) is 1. The molecule has 6 heteroatoms. The summed E-state index contributed by atoms with van der Waals surface area (Å²) in [5.41, 5.74) is 6.86. The third-order valence-electron chi connectivity index (χ3n) is 3.27. The quantitative estimate of drug-likeness (QED) is 0.874. The number of ether oxygens (including phenoxy) is 1. The van der Waals surface area contributed by atoms with E-state index in [9.17, 15) is 9.59 Å². The lowest BCUT2D eigenvalue weighted by atomic mass is 10.1. The summed E-state index contributed by atoms with van der Waals surface area (Å²) in [6.07, 6.45) is 1.95. The Morgan fingerprint density at radius 2 is 2.20 bits per heavy atom. The molecule has 0 aromatic carbocycles. The van der Waals surface area contributed by atoms with Gasteiger partial charge in [0.15, 0.2) is 0 Å². The second-order valence-electron chi connectivity index (χ2n) is 5.36. The van der Waals surface area contributed by atoms with Crippen LogP contribution in [0.1, 0.15) is 47.5 Å². The van der Waals surface area contributed by atoms with Gasteiger partial charge in [0.2, 0.25) is 5.91 Å². The van der Waals surface area contributed by atoms with Crippen molar-refractivity contribution in [2.24, 2.45) is 11.7 Å². The van der Waals surface area contributed by atoms with Crippen molar-refractivity contribution in [1.82, 2.24) is 0 Å². The Balaban J connectivity index is 2.17. The maximum Gasteiger partial charge on any atom is 0.251 e. The van der Waals surface area contributed by atoms with E-state index in [1.165, 1.54) is 11.3 Å². The van der Waals surface area contributed by atoms with Crippen LogP contribution >= 0.6 is 11.3 Å². The summed E-state index contributed by atoms with van der Waals surface area (Å²) in [7, 11) is 0. The molecular weight excluding hydrogens is 276 g/mol. The van der Waals surface area contributed by atoms with Gasteiger partial charge in [-0.05, 0) is 24.3 Å². The minimum absolute atomic E-state index is 0.0688. The Bertz CT molecular complexity index is 523. The fourth-order valence-corrected chi connectivity index (χ4v) is 3.40. The van der Waals surface area contributed by atoms with Gasteiger partial charge in [-0.3, -0.25) is 9.59 Å². The molecular formula is C14H20N2O3S. The number of hydrogen-bond acceptors (Lipinski definition) is 4. The van der Waals surface area contributed by atoms with Crippen molar-refractivity contribution in [1.29, 1.82) is 0 Å². The summed E-state index contributed by atoms with van der Waals surface area (Å²) < 4.78 is 5.37. The Morgan fingerprint density at radius 3 is 2.85 bits per heavy atom. The first-order valence-corrected chi connectivity index (χ1v) is 7.62. The predicted molar refractivity (Wildman–Crippen MR) is 78.9 cm³/mol. The van der Waals surface area contributed by atoms with Gasteiger partial charge in [0.25, 0.3) is 5.91 Å². The summed E-state index contributed by atoms with van der Waals surface area (Å²) in [5, 5.41) is 3.40. The minimum Gasteiger partial charge on any atom is -0.376 e. The van der Waals surface area contributed by atoms with Gasteiger partial charge in [0, 0.05) is 11.3 Å². The molecule has 0 saturated heterocycles. The van der Waals surface area contributed by atoms with E-state index in [0.29, 0.717) is 42.5 Å². The number of anilines is 1. The minimum atomic E-state index is -0.483. The molecule has 1 aromatic heterocycles. The van der Waals surface area contributed by atoms with E-state index in [-0.39, 0.29) is 5.91 Å². The molecule has 2 rings (SSSR count). The Labute approximate surface area is 122 Å². The molecule has 20 heavy (non-hydrogen) atoms. The van der Waals surface area contributed by atoms with Crippen LogP contribution in [0.2, 0.25) is 0 Å². The Hall–Kier alpha value is -1.40. The number of rotatable bonds is 5. The zero-order chi connectivity index (χ0) is 14.7. The maximum atomic E-state index is 11.9. The molecule has 0 bridgehead atoms. The standard InChI is InChI=1S/C14H20N2O3S/c1-8(2)3-4-11(17)16-14-12(13(15)18)9-5-6-19-7-10(9)20-14/h8H,3-7H2,1-2H3,(H2,15,18)(H,16,17). The Kier molecular flexibility index (Phi) is 4.77. The van der Waals surface area contributed by atoms with Gasteiger partial charge in [-0.25, -0.2) is 0 Å². The van der Waals surface area contributed by atoms with Gasteiger partial charge in [0.05, 0.1) is 18.8 Å². The molecule has 0 radical (unpaired) electrons. The molecule has 2 amide bonds. The van der Waals surface area contributed by atoms with Crippen molar-refractivity contribution in [3.8, 4) is 0 Å². The summed E-state index contributed by atoms with van der Waals surface area (Å²) >= 11 is 1.40. The highest BCUT2D eigenvalue weighted by molar-refractivity contribution is 7.17. The van der Waals surface area contributed by atoms with E-state index < -0.39 is 5.91 Å². The molecule has 2 heterocycles. The van der Waals surface area contributed by atoms with Gasteiger partial charge < -0.3 is 15.8 Å². The monoisotopic (exact) mass is 296 g/mol. The number of carbonyl (C=O) groups excluding carboxylic acids is 2. The van der Waals surface area contributed by atoms with Gasteiger partial charge >= 0.3 is 0 Å². The first-order valence-electron chi connectivity index (χ1n) is 6.81. The molecule has 1 aromatic rings. The molecule has 0 saturated carbocycles. The van der Waals surface area contributed by atoms with Crippen LogP contribution in [-0.2, 0) is 22.6 Å². The highest BCUT2D eigenvalue weighted by Crippen LogP contribution is 2.36. The van der Waals surface area contributed by atoms with Gasteiger partial charge in [-0.2, -0.15) is 0 Å². The normalized spacial score (nSPS) is 14.2. The van der Waals surface area contributed by atoms with Crippen LogP contribution in [-0.4, -0.2) is 18.4 Å². The van der Waals surface area contributed by atoms with E-state index in [2.05, 4.69) is 19.2 Å². The maximum absolute atomic E-state index is 11.9. The molecule has 5 nitrogen and oxygen atoms in total. The lowest BCUT2D eigenvalue weighted by Crippen LogP contribution is -2.19. The van der Waals surface area contributed by atoms with Crippen molar-refractivity contribution in [2.75, 3.05) is 11.9 Å². The lowest BCUT2D eigenvalue weighted by molar-refractivity contribution is -0.116. The van der Waals surface area contributed by atoms with Crippen LogP contribution in [0.4, 0.5) is 5.00 Å². The second-order valence-corrected chi connectivity index (χ2v) is 6.46. The molecule has 1 aliphatic rings. The predicted octanol–water partition coefficient (Wildman–Crippen LogP) is 2.29. The van der Waals surface area contributed by atoms with E-state index in [1.807, 2.05) is 0 Å². The summed E-state index contributed by atoms with van der Waals surface area (Å²) in [4.78, 5) is 24.5. The summed E-state index contributed by atoms with van der Waals surface area (Å²) in [5.74, 6) is -0.0782. The average molecular weight is 296 g/mol. The van der Waals surface area contributed by atoms with Crippen LogP contribution in [0, 0.1) is 5.92 Å². The highest BCUT2D eigenvalue weighted by Gasteiger charge is 2.25.